The fourth-order valence-corrected chi connectivity index (χ4v) is 2.55. The first-order valence-electron chi connectivity index (χ1n) is 6.64. The maximum atomic E-state index is 11.3. The van der Waals surface area contributed by atoms with Gasteiger partial charge in [0.05, 0.1) is 0 Å². The third-order valence-electron chi connectivity index (χ3n) is 3.57. The lowest BCUT2D eigenvalue weighted by atomic mass is 10.1. The van der Waals surface area contributed by atoms with Gasteiger partial charge in [-0.1, -0.05) is 25.7 Å². The summed E-state index contributed by atoms with van der Waals surface area (Å²) in [4.78, 5) is 15.5. The monoisotopic (exact) mass is 248 g/mol. The van der Waals surface area contributed by atoms with Gasteiger partial charge in [0, 0.05) is 12.2 Å². The van der Waals surface area contributed by atoms with Gasteiger partial charge in [-0.05, 0) is 31.4 Å². The van der Waals surface area contributed by atoms with Gasteiger partial charge in [0.1, 0.15) is 11.4 Å². The number of aromatic carboxylic acids is 1. The molecule has 0 aliphatic heterocycles. The Morgan fingerprint density at radius 1 is 1.33 bits per heavy atom. The van der Waals surface area contributed by atoms with E-state index in [9.17, 15) is 9.90 Å². The molecule has 1 aliphatic rings. The number of aryl methyl sites for hydroxylation is 1. The van der Waals surface area contributed by atoms with Crippen LogP contribution >= 0.6 is 0 Å². The van der Waals surface area contributed by atoms with Crippen LogP contribution < -0.4 is 5.32 Å². The zero-order chi connectivity index (χ0) is 13.0. The molecule has 0 bridgehead atoms. The fraction of sp³-hybridized carbons (Fsp3) is 0.571. The second kappa shape index (κ2) is 5.85. The molecule has 2 rings (SSSR count). The number of carbonyl (C=O) groups is 1. The van der Waals surface area contributed by atoms with E-state index in [2.05, 4.69) is 10.3 Å². The van der Waals surface area contributed by atoms with E-state index < -0.39 is 5.97 Å². The SMILES string of the molecule is Cc1ccnc(NC2CCCCCC2)c1C(=O)O. The van der Waals surface area contributed by atoms with Gasteiger partial charge in [-0.2, -0.15) is 0 Å². The second-order valence-electron chi connectivity index (χ2n) is 4.99. The van der Waals surface area contributed by atoms with Crippen LogP contribution in [0, 0.1) is 6.92 Å². The maximum absolute atomic E-state index is 11.3. The highest BCUT2D eigenvalue weighted by molar-refractivity contribution is 5.94. The summed E-state index contributed by atoms with van der Waals surface area (Å²) in [6.45, 7) is 1.81. The highest BCUT2D eigenvalue weighted by atomic mass is 16.4. The van der Waals surface area contributed by atoms with Crippen LogP contribution in [-0.2, 0) is 0 Å². The minimum absolute atomic E-state index is 0.307. The Labute approximate surface area is 107 Å². The van der Waals surface area contributed by atoms with Crippen molar-refractivity contribution in [2.75, 3.05) is 5.32 Å². The van der Waals surface area contributed by atoms with Crippen LogP contribution in [0.2, 0.25) is 0 Å². The second-order valence-corrected chi connectivity index (χ2v) is 4.99. The third-order valence-corrected chi connectivity index (χ3v) is 3.57. The zero-order valence-electron chi connectivity index (χ0n) is 10.8. The lowest BCUT2D eigenvalue weighted by Gasteiger charge is -2.18. The lowest BCUT2D eigenvalue weighted by molar-refractivity contribution is 0.0696. The molecule has 0 spiro atoms. The average molecular weight is 248 g/mol. The summed E-state index contributed by atoms with van der Waals surface area (Å²) in [7, 11) is 0. The Morgan fingerprint density at radius 2 is 2.00 bits per heavy atom. The first kappa shape index (κ1) is 12.9. The minimum Gasteiger partial charge on any atom is -0.478 e. The molecule has 0 unspecified atom stereocenters. The van der Waals surface area contributed by atoms with Crippen LogP contribution in [0.3, 0.4) is 0 Å². The summed E-state index contributed by atoms with van der Waals surface area (Å²) >= 11 is 0. The Hall–Kier alpha value is -1.58. The van der Waals surface area contributed by atoms with Gasteiger partial charge in [0.15, 0.2) is 0 Å². The van der Waals surface area contributed by atoms with E-state index in [4.69, 9.17) is 0 Å². The molecule has 1 aromatic heterocycles. The van der Waals surface area contributed by atoms with Gasteiger partial charge in [-0.25, -0.2) is 9.78 Å². The third kappa shape index (κ3) is 3.00. The van der Waals surface area contributed by atoms with Crippen molar-refractivity contribution in [1.29, 1.82) is 0 Å². The molecule has 0 saturated heterocycles. The van der Waals surface area contributed by atoms with E-state index in [-0.39, 0.29) is 0 Å². The van der Waals surface area contributed by atoms with Crippen molar-refractivity contribution >= 4 is 11.8 Å². The lowest BCUT2D eigenvalue weighted by Crippen LogP contribution is -2.21. The molecule has 0 atom stereocenters. The fourth-order valence-electron chi connectivity index (χ4n) is 2.55. The molecule has 18 heavy (non-hydrogen) atoms. The van der Waals surface area contributed by atoms with Crippen molar-refractivity contribution < 1.29 is 9.90 Å². The number of anilines is 1. The Kier molecular flexibility index (Phi) is 4.18. The number of pyridine rings is 1. The van der Waals surface area contributed by atoms with E-state index >= 15 is 0 Å². The van der Waals surface area contributed by atoms with Crippen LogP contribution in [0.5, 0.6) is 0 Å². The van der Waals surface area contributed by atoms with Crippen molar-refractivity contribution in [2.24, 2.45) is 0 Å². The van der Waals surface area contributed by atoms with Gasteiger partial charge >= 0.3 is 5.97 Å². The summed E-state index contributed by atoms with van der Waals surface area (Å²) in [5, 5.41) is 12.6. The molecule has 1 heterocycles. The van der Waals surface area contributed by atoms with E-state index in [0.717, 1.165) is 18.4 Å². The number of nitrogens with zero attached hydrogens (tertiary/aromatic N) is 1. The Balaban J connectivity index is 2.17. The number of nitrogens with one attached hydrogen (secondary N) is 1. The first-order valence-corrected chi connectivity index (χ1v) is 6.64. The van der Waals surface area contributed by atoms with Crippen molar-refractivity contribution in [3.63, 3.8) is 0 Å². The van der Waals surface area contributed by atoms with E-state index in [1.54, 1.807) is 12.3 Å². The van der Waals surface area contributed by atoms with Crippen molar-refractivity contribution in [3.8, 4) is 0 Å². The number of carboxylic acids is 1. The summed E-state index contributed by atoms with van der Waals surface area (Å²) in [6, 6.07) is 2.10. The van der Waals surface area contributed by atoms with Gasteiger partial charge < -0.3 is 10.4 Å². The molecule has 0 aromatic carbocycles. The van der Waals surface area contributed by atoms with Gasteiger partial charge in [0.25, 0.3) is 0 Å². The molecule has 98 valence electrons. The van der Waals surface area contributed by atoms with Crippen LogP contribution in [0.25, 0.3) is 0 Å². The summed E-state index contributed by atoms with van der Waals surface area (Å²) in [5.74, 6) is -0.383. The van der Waals surface area contributed by atoms with Crippen molar-refractivity contribution in [3.05, 3.63) is 23.4 Å². The molecule has 1 saturated carbocycles. The normalized spacial score (nSPS) is 17.2. The zero-order valence-corrected chi connectivity index (χ0v) is 10.8. The van der Waals surface area contributed by atoms with E-state index in [0.29, 0.717) is 17.4 Å². The molecule has 1 aromatic rings. The molecule has 1 aliphatic carbocycles. The predicted octanol–water partition coefficient (Wildman–Crippen LogP) is 3.22. The maximum Gasteiger partial charge on any atom is 0.339 e. The van der Waals surface area contributed by atoms with E-state index in [1.807, 2.05) is 6.92 Å². The van der Waals surface area contributed by atoms with Crippen LogP contribution in [0.1, 0.15) is 54.4 Å². The van der Waals surface area contributed by atoms with Crippen LogP contribution in [0.15, 0.2) is 12.3 Å². The van der Waals surface area contributed by atoms with Gasteiger partial charge in [-0.15, -0.1) is 0 Å². The Bertz CT molecular complexity index is 424. The van der Waals surface area contributed by atoms with Crippen LogP contribution in [0.4, 0.5) is 5.82 Å². The standard InChI is InChI=1S/C14H20N2O2/c1-10-8-9-15-13(12(10)14(17)18)16-11-6-4-2-3-5-7-11/h8-9,11H,2-7H2,1H3,(H,15,16)(H,17,18). The molecule has 2 N–H and O–H groups in total. The molecular weight excluding hydrogens is 228 g/mol. The molecule has 1 fully saturated rings. The van der Waals surface area contributed by atoms with Crippen molar-refractivity contribution in [2.45, 2.75) is 51.5 Å². The number of rotatable bonds is 3. The number of aromatic nitrogens is 1. The molecule has 0 amide bonds. The number of hydrogen-bond acceptors (Lipinski definition) is 3. The van der Waals surface area contributed by atoms with Gasteiger partial charge in [0.2, 0.25) is 0 Å². The molecule has 4 heteroatoms. The Morgan fingerprint density at radius 3 is 2.61 bits per heavy atom. The number of carboxylic acid groups (broad SMARTS) is 1. The molecular formula is C14H20N2O2. The van der Waals surface area contributed by atoms with E-state index in [1.165, 1.54) is 25.7 Å². The molecule has 0 radical (unpaired) electrons. The highest BCUT2D eigenvalue weighted by Crippen LogP contribution is 2.23. The summed E-state index contributed by atoms with van der Waals surface area (Å²) in [5.41, 5.74) is 1.07. The van der Waals surface area contributed by atoms with Crippen molar-refractivity contribution in [1.82, 2.24) is 4.98 Å². The summed E-state index contributed by atoms with van der Waals surface area (Å²) < 4.78 is 0. The summed E-state index contributed by atoms with van der Waals surface area (Å²) in [6.07, 6.45) is 8.87. The number of hydrogen-bond donors (Lipinski definition) is 2. The highest BCUT2D eigenvalue weighted by Gasteiger charge is 2.18. The van der Waals surface area contributed by atoms with Gasteiger partial charge in [-0.3, -0.25) is 0 Å². The smallest absolute Gasteiger partial charge is 0.339 e. The largest absolute Gasteiger partial charge is 0.478 e. The minimum atomic E-state index is -0.906. The molecule has 4 nitrogen and oxygen atoms in total. The predicted molar refractivity (Wildman–Crippen MR) is 71.0 cm³/mol. The van der Waals surface area contributed by atoms with Crippen LogP contribution in [-0.4, -0.2) is 22.1 Å². The first-order chi connectivity index (χ1) is 8.68. The average Bonchev–Trinajstić information content (AvgIpc) is 2.57. The topological polar surface area (TPSA) is 62.2 Å². The quantitative estimate of drug-likeness (QED) is 0.806.